The second-order valence-corrected chi connectivity index (χ2v) is 5.89. The van der Waals surface area contributed by atoms with Crippen molar-refractivity contribution < 1.29 is 12.6 Å². The zero-order valence-corrected chi connectivity index (χ0v) is 10.7. The molecule has 0 N–H and O–H groups in total. The Morgan fingerprint density at radius 1 is 1.29 bits per heavy atom. The molecule has 17 heavy (non-hydrogen) atoms. The lowest BCUT2D eigenvalue weighted by molar-refractivity contribution is 0.162. The van der Waals surface area contributed by atoms with Gasteiger partial charge in [0.15, 0.2) is 5.15 Å². The first-order valence-corrected chi connectivity index (χ1v) is 7.27. The number of hydrogen-bond donors (Lipinski definition) is 0. The van der Waals surface area contributed by atoms with Crippen LogP contribution in [0.5, 0.6) is 0 Å². The van der Waals surface area contributed by atoms with E-state index < -0.39 is 10.1 Å². The third-order valence-corrected chi connectivity index (χ3v) is 4.49. The summed E-state index contributed by atoms with van der Waals surface area (Å²) in [4.78, 5) is 7.12. The molecule has 1 saturated carbocycles. The zero-order chi connectivity index (χ0) is 12.3. The van der Waals surface area contributed by atoms with Gasteiger partial charge in [-0.15, -0.1) is 0 Å². The van der Waals surface area contributed by atoms with Gasteiger partial charge < -0.3 is 0 Å². The van der Waals surface area contributed by atoms with Crippen LogP contribution >= 0.6 is 11.6 Å². The molecule has 1 aliphatic rings. The average Bonchev–Trinajstić information content (AvgIpc) is 2.30. The van der Waals surface area contributed by atoms with E-state index in [9.17, 15) is 8.42 Å². The normalized spacial score (nSPS) is 18.2. The van der Waals surface area contributed by atoms with Crippen LogP contribution in [-0.2, 0) is 14.3 Å². The summed E-state index contributed by atoms with van der Waals surface area (Å²) in [6, 6.07) is 0. The molecule has 0 saturated heterocycles. The van der Waals surface area contributed by atoms with Crippen LogP contribution in [0.25, 0.3) is 0 Å². The minimum Gasteiger partial charge on any atom is -0.263 e. The van der Waals surface area contributed by atoms with Crippen LogP contribution in [0.1, 0.15) is 32.1 Å². The molecule has 2 rings (SSSR count). The van der Waals surface area contributed by atoms with Crippen molar-refractivity contribution in [1.29, 1.82) is 0 Å². The fourth-order valence-corrected chi connectivity index (χ4v) is 3.34. The second kappa shape index (κ2) is 5.29. The minimum absolute atomic E-state index is 0.101. The lowest BCUT2D eigenvalue weighted by Gasteiger charge is -2.21. The monoisotopic (exact) mass is 276 g/mol. The third-order valence-electron chi connectivity index (χ3n) is 2.72. The summed E-state index contributed by atoms with van der Waals surface area (Å²) in [6.45, 7) is 0. The molecule has 1 heterocycles. The molecule has 1 aromatic rings. The van der Waals surface area contributed by atoms with Gasteiger partial charge in [-0.3, -0.25) is 4.18 Å². The van der Waals surface area contributed by atoms with Gasteiger partial charge in [0, 0.05) is 0 Å². The maximum absolute atomic E-state index is 11.9. The fourth-order valence-electron chi connectivity index (χ4n) is 1.86. The molecular formula is C10H13ClN2O3S. The van der Waals surface area contributed by atoms with Crippen LogP contribution in [0.3, 0.4) is 0 Å². The largest absolute Gasteiger partial charge is 0.301 e. The summed E-state index contributed by atoms with van der Waals surface area (Å²) in [5.41, 5.74) is 0. The predicted octanol–water partition coefficient (Wildman–Crippen LogP) is 2.17. The topological polar surface area (TPSA) is 69.2 Å². The van der Waals surface area contributed by atoms with Crippen LogP contribution in [0, 0.1) is 0 Å². The molecule has 0 amide bonds. The number of hydrogen-bond acceptors (Lipinski definition) is 5. The van der Waals surface area contributed by atoms with E-state index >= 15 is 0 Å². The van der Waals surface area contributed by atoms with Gasteiger partial charge in [-0.1, -0.05) is 30.9 Å². The highest BCUT2D eigenvalue weighted by atomic mass is 35.5. The van der Waals surface area contributed by atoms with Crippen molar-refractivity contribution in [2.24, 2.45) is 0 Å². The van der Waals surface area contributed by atoms with Crippen molar-refractivity contribution in [3.63, 3.8) is 0 Å². The first kappa shape index (κ1) is 12.7. The SMILES string of the molecule is O=S(=O)(OC1CCCCC1)c1cncnc1Cl. The minimum atomic E-state index is -3.85. The van der Waals surface area contributed by atoms with E-state index in [1.54, 1.807) is 0 Å². The molecule has 0 spiro atoms. The Labute approximate surface area is 105 Å². The molecular weight excluding hydrogens is 264 g/mol. The maximum atomic E-state index is 11.9. The van der Waals surface area contributed by atoms with Crippen LogP contribution in [-0.4, -0.2) is 24.5 Å². The van der Waals surface area contributed by atoms with Crippen LogP contribution < -0.4 is 0 Å². The summed E-state index contributed by atoms with van der Waals surface area (Å²) in [5, 5.41) is -0.101. The van der Waals surface area contributed by atoms with Gasteiger partial charge in [-0.2, -0.15) is 8.42 Å². The molecule has 94 valence electrons. The summed E-state index contributed by atoms with van der Waals surface area (Å²) >= 11 is 5.72. The highest BCUT2D eigenvalue weighted by Crippen LogP contribution is 2.26. The molecule has 0 atom stereocenters. The van der Waals surface area contributed by atoms with Gasteiger partial charge in [0.25, 0.3) is 0 Å². The van der Waals surface area contributed by atoms with Crippen LogP contribution in [0.4, 0.5) is 0 Å². The van der Waals surface area contributed by atoms with Crippen LogP contribution in [0.2, 0.25) is 5.15 Å². The van der Waals surface area contributed by atoms with Crippen molar-refractivity contribution in [2.75, 3.05) is 0 Å². The van der Waals surface area contributed by atoms with Crippen molar-refractivity contribution in [3.05, 3.63) is 17.7 Å². The lowest BCUT2D eigenvalue weighted by atomic mass is 9.98. The molecule has 0 unspecified atom stereocenters. The maximum Gasteiger partial charge on any atom is 0.301 e. The molecule has 5 nitrogen and oxygen atoms in total. The zero-order valence-electron chi connectivity index (χ0n) is 9.17. The highest BCUT2D eigenvalue weighted by molar-refractivity contribution is 7.86. The van der Waals surface area contributed by atoms with Crippen molar-refractivity contribution in [2.45, 2.75) is 43.1 Å². The molecule has 0 bridgehead atoms. The lowest BCUT2D eigenvalue weighted by Crippen LogP contribution is -2.21. The van der Waals surface area contributed by atoms with E-state index in [2.05, 4.69) is 9.97 Å². The van der Waals surface area contributed by atoms with Gasteiger partial charge in [0.1, 0.15) is 11.2 Å². The number of rotatable bonds is 3. The van der Waals surface area contributed by atoms with Crippen molar-refractivity contribution in [1.82, 2.24) is 9.97 Å². The van der Waals surface area contributed by atoms with Gasteiger partial charge >= 0.3 is 10.1 Å². The third kappa shape index (κ3) is 3.14. The van der Waals surface area contributed by atoms with Gasteiger partial charge in [-0.05, 0) is 12.8 Å². The Morgan fingerprint density at radius 2 is 2.00 bits per heavy atom. The van der Waals surface area contributed by atoms with Gasteiger partial charge in [0.05, 0.1) is 12.3 Å². The summed E-state index contributed by atoms with van der Waals surface area (Å²) < 4.78 is 29.0. The fraction of sp³-hybridized carbons (Fsp3) is 0.600. The number of aromatic nitrogens is 2. The van der Waals surface area contributed by atoms with Crippen LogP contribution in [0.15, 0.2) is 17.4 Å². The molecule has 0 radical (unpaired) electrons. The van der Waals surface area contributed by atoms with E-state index in [1.807, 2.05) is 0 Å². The first-order valence-electron chi connectivity index (χ1n) is 5.48. The Kier molecular flexibility index (Phi) is 3.96. The molecule has 0 aliphatic heterocycles. The summed E-state index contributed by atoms with van der Waals surface area (Å²) in [6.07, 6.45) is 6.78. The molecule has 1 aliphatic carbocycles. The number of halogens is 1. The molecule has 7 heteroatoms. The van der Waals surface area contributed by atoms with E-state index in [1.165, 1.54) is 6.33 Å². The second-order valence-electron chi connectivity index (χ2n) is 3.99. The van der Waals surface area contributed by atoms with E-state index in [4.69, 9.17) is 15.8 Å². The Hall–Kier alpha value is -0.720. The van der Waals surface area contributed by atoms with Crippen molar-refractivity contribution in [3.8, 4) is 0 Å². The molecule has 1 aromatic heterocycles. The van der Waals surface area contributed by atoms with E-state index in [0.29, 0.717) is 0 Å². The Morgan fingerprint density at radius 3 is 2.65 bits per heavy atom. The Balaban J connectivity index is 2.16. The summed E-state index contributed by atoms with van der Waals surface area (Å²) in [5.74, 6) is 0. The predicted molar refractivity (Wildman–Crippen MR) is 62.2 cm³/mol. The average molecular weight is 277 g/mol. The molecule has 1 fully saturated rings. The smallest absolute Gasteiger partial charge is 0.263 e. The van der Waals surface area contributed by atoms with E-state index in [-0.39, 0.29) is 16.2 Å². The van der Waals surface area contributed by atoms with Gasteiger partial charge in [-0.25, -0.2) is 9.97 Å². The highest BCUT2D eigenvalue weighted by Gasteiger charge is 2.26. The Bertz CT molecular complexity index is 486. The first-order chi connectivity index (χ1) is 8.09. The standard InChI is InChI=1S/C10H13ClN2O3S/c11-10-9(6-12-7-13-10)17(14,15)16-8-4-2-1-3-5-8/h6-8H,1-5H2. The quantitative estimate of drug-likeness (QED) is 0.625. The van der Waals surface area contributed by atoms with Crippen molar-refractivity contribution >= 4 is 21.7 Å². The summed E-state index contributed by atoms with van der Waals surface area (Å²) in [7, 11) is -3.85. The molecule has 0 aromatic carbocycles. The van der Waals surface area contributed by atoms with E-state index in [0.717, 1.165) is 38.3 Å². The van der Waals surface area contributed by atoms with Gasteiger partial charge in [0.2, 0.25) is 0 Å². The number of nitrogens with zero attached hydrogens (tertiary/aromatic N) is 2.